The summed E-state index contributed by atoms with van der Waals surface area (Å²) < 4.78 is 0. The molecule has 0 aliphatic carbocycles. The lowest BCUT2D eigenvalue weighted by molar-refractivity contribution is -0.138. The first-order chi connectivity index (χ1) is 9.08. The van der Waals surface area contributed by atoms with Gasteiger partial charge in [0.05, 0.1) is 6.42 Å². The molecule has 1 saturated heterocycles. The van der Waals surface area contributed by atoms with Gasteiger partial charge in [0.2, 0.25) is 0 Å². The standard InChI is InChI=1S/C14H16ClNO3/c15-11-5-3-4-10(8-11)14(19)16-7-2-1-6-12(16)9-13(17)18/h3-5,8,12H,1-2,6-7,9H2,(H,17,18). The van der Waals surface area contributed by atoms with Crippen LogP contribution in [-0.4, -0.2) is 34.5 Å². The predicted octanol–water partition coefficient (Wildman–Crippen LogP) is 2.81. The van der Waals surface area contributed by atoms with Crippen LogP contribution in [0.4, 0.5) is 0 Å². The van der Waals surface area contributed by atoms with E-state index < -0.39 is 5.97 Å². The molecule has 4 nitrogen and oxygen atoms in total. The van der Waals surface area contributed by atoms with Crippen molar-refractivity contribution >= 4 is 23.5 Å². The molecule has 0 bridgehead atoms. The van der Waals surface area contributed by atoms with Gasteiger partial charge in [-0.25, -0.2) is 0 Å². The van der Waals surface area contributed by atoms with Crippen LogP contribution in [0.25, 0.3) is 0 Å². The topological polar surface area (TPSA) is 57.6 Å². The first kappa shape index (κ1) is 13.9. The van der Waals surface area contributed by atoms with Crippen LogP contribution in [0.3, 0.4) is 0 Å². The zero-order valence-corrected chi connectivity index (χ0v) is 11.3. The van der Waals surface area contributed by atoms with Gasteiger partial charge in [0.1, 0.15) is 0 Å². The molecule has 2 rings (SSSR count). The third-order valence-electron chi connectivity index (χ3n) is 3.37. The Morgan fingerprint density at radius 2 is 2.16 bits per heavy atom. The Morgan fingerprint density at radius 3 is 2.84 bits per heavy atom. The van der Waals surface area contributed by atoms with E-state index in [1.54, 1.807) is 29.2 Å². The maximum absolute atomic E-state index is 12.4. The summed E-state index contributed by atoms with van der Waals surface area (Å²) in [6, 6.07) is 6.56. The predicted molar refractivity (Wildman–Crippen MR) is 72.4 cm³/mol. The fraction of sp³-hybridized carbons (Fsp3) is 0.429. The van der Waals surface area contributed by atoms with Crippen LogP contribution in [0, 0.1) is 0 Å². The number of piperidine rings is 1. The molecule has 1 heterocycles. The van der Waals surface area contributed by atoms with Gasteiger partial charge in [0.15, 0.2) is 0 Å². The molecule has 0 radical (unpaired) electrons. The number of carboxylic acids is 1. The molecule has 1 atom stereocenters. The summed E-state index contributed by atoms with van der Waals surface area (Å²) in [6.07, 6.45) is 2.64. The Kier molecular flexibility index (Phi) is 4.43. The number of nitrogens with zero attached hydrogens (tertiary/aromatic N) is 1. The smallest absolute Gasteiger partial charge is 0.305 e. The van der Waals surface area contributed by atoms with Crippen LogP contribution in [0.15, 0.2) is 24.3 Å². The number of carbonyl (C=O) groups excluding carboxylic acids is 1. The van der Waals surface area contributed by atoms with E-state index in [1.165, 1.54) is 0 Å². The maximum Gasteiger partial charge on any atom is 0.305 e. The average molecular weight is 282 g/mol. The zero-order chi connectivity index (χ0) is 13.8. The van der Waals surface area contributed by atoms with Gasteiger partial charge in [0, 0.05) is 23.2 Å². The SMILES string of the molecule is O=C(O)CC1CCCCN1C(=O)c1cccc(Cl)c1. The van der Waals surface area contributed by atoms with E-state index in [4.69, 9.17) is 16.7 Å². The Morgan fingerprint density at radius 1 is 1.37 bits per heavy atom. The minimum absolute atomic E-state index is 0.00626. The molecule has 0 aromatic heterocycles. The van der Waals surface area contributed by atoms with E-state index >= 15 is 0 Å². The van der Waals surface area contributed by atoms with Crippen molar-refractivity contribution in [3.8, 4) is 0 Å². The lowest BCUT2D eigenvalue weighted by Crippen LogP contribution is -2.44. The largest absolute Gasteiger partial charge is 0.481 e. The quantitative estimate of drug-likeness (QED) is 0.927. The summed E-state index contributed by atoms with van der Waals surface area (Å²) in [7, 11) is 0. The van der Waals surface area contributed by atoms with E-state index in [2.05, 4.69) is 0 Å². The monoisotopic (exact) mass is 281 g/mol. The van der Waals surface area contributed by atoms with Gasteiger partial charge < -0.3 is 10.0 Å². The molecule has 0 spiro atoms. The number of hydrogen-bond donors (Lipinski definition) is 1. The molecule has 1 fully saturated rings. The number of amides is 1. The van der Waals surface area contributed by atoms with Crippen molar-refractivity contribution < 1.29 is 14.7 Å². The van der Waals surface area contributed by atoms with Crippen molar-refractivity contribution in [2.24, 2.45) is 0 Å². The number of likely N-dealkylation sites (tertiary alicyclic amines) is 1. The van der Waals surface area contributed by atoms with E-state index in [0.717, 1.165) is 19.3 Å². The van der Waals surface area contributed by atoms with Crippen LogP contribution < -0.4 is 0 Å². The molecule has 1 aliphatic rings. The Labute approximate surface area is 117 Å². The fourth-order valence-corrected chi connectivity index (χ4v) is 2.66. The van der Waals surface area contributed by atoms with Gasteiger partial charge in [-0.15, -0.1) is 0 Å². The number of carboxylic acid groups (broad SMARTS) is 1. The summed E-state index contributed by atoms with van der Waals surface area (Å²) in [4.78, 5) is 25.0. The van der Waals surface area contributed by atoms with Crippen LogP contribution in [0.1, 0.15) is 36.0 Å². The second-order valence-corrected chi connectivity index (χ2v) is 5.19. The molecular formula is C14H16ClNO3. The van der Waals surface area contributed by atoms with Gasteiger partial charge in [-0.1, -0.05) is 17.7 Å². The highest BCUT2D eigenvalue weighted by molar-refractivity contribution is 6.30. The van der Waals surface area contributed by atoms with Crippen LogP contribution >= 0.6 is 11.6 Å². The third kappa shape index (κ3) is 3.47. The maximum atomic E-state index is 12.4. The minimum Gasteiger partial charge on any atom is -0.481 e. The number of carbonyl (C=O) groups is 2. The minimum atomic E-state index is -0.865. The molecule has 1 unspecified atom stereocenters. The van der Waals surface area contributed by atoms with E-state index in [1.807, 2.05) is 0 Å². The number of aliphatic carboxylic acids is 1. The summed E-state index contributed by atoms with van der Waals surface area (Å²) in [5.41, 5.74) is 0.518. The molecule has 0 saturated carbocycles. The van der Waals surface area contributed by atoms with Crippen molar-refractivity contribution in [1.82, 2.24) is 4.90 Å². The number of rotatable bonds is 3. The average Bonchev–Trinajstić information content (AvgIpc) is 2.38. The number of hydrogen-bond acceptors (Lipinski definition) is 2. The highest BCUT2D eigenvalue weighted by Crippen LogP contribution is 2.23. The van der Waals surface area contributed by atoms with Gasteiger partial charge in [-0.05, 0) is 37.5 Å². The highest BCUT2D eigenvalue weighted by atomic mass is 35.5. The van der Waals surface area contributed by atoms with Gasteiger partial charge >= 0.3 is 5.97 Å². The highest BCUT2D eigenvalue weighted by Gasteiger charge is 2.29. The first-order valence-electron chi connectivity index (χ1n) is 6.36. The molecule has 1 amide bonds. The summed E-state index contributed by atoms with van der Waals surface area (Å²) in [6.45, 7) is 0.614. The lowest BCUT2D eigenvalue weighted by Gasteiger charge is -2.35. The fourth-order valence-electron chi connectivity index (χ4n) is 2.47. The first-order valence-corrected chi connectivity index (χ1v) is 6.74. The molecule has 102 valence electrons. The lowest BCUT2D eigenvalue weighted by atomic mass is 9.98. The Hall–Kier alpha value is -1.55. The molecule has 1 aromatic rings. The third-order valence-corrected chi connectivity index (χ3v) is 3.60. The van der Waals surface area contributed by atoms with Gasteiger partial charge in [0.25, 0.3) is 5.91 Å². The van der Waals surface area contributed by atoms with E-state index in [-0.39, 0.29) is 18.4 Å². The van der Waals surface area contributed by atoms with Crippen LogP contribution in [0.2, 0.25) is 5.02 Å². The van der Waals surface area contributed by atoms with Crippen LogP contribution in [0.5, 0.6) is 0 Å². The zero-order valence-electron chi connectivity index (χ0n) is 10.5. The van der Waals surface area contributed by atoms with Crippen molar-refractivity contribution in [2.75, 3.05) is 6.54 Å². The normalized spacial score (nSPS) is 19.2. The van der Waals surface area contributed by atoms with E-state index in [9.17, 15) is 9.59 Å². The van der Waals surface area contributed by atoms with Gasteiger partial charge in [-0.2, -0.15) is 0 Å². The van der Waals surface area contributed by atoms with Crippen molar-refractivity contribution in [3.63, 3.8) is 0 Å². The second kappa shape index (κ2) is 6.06. The number of halogens is 1. The molecule has 1 aromatic carbocycles. The summed E-state index contributed by atoms with van der Waals surface area (Å²) in [5, 5.41) is 9.43. The number of benzene rings is 1. The molecule has 19 heavy (non-hydrogen) atoms. The molecule has 1 aliphatic heterocycles. The van der Waals surface area contributed by atoms with Crippen molar-refractivity contribution in [1.29, 1.82) is 0 Å². The molecule has 1 N–H and O–H groups in total. The summed E-state index contributed by atoms with van der Waals surface area (Å²) >= 11 is 5.88. The summed E-state index contributed by atoms with van der Waals surface area (Å²) in [5.74, 6) is -0.996. The molecular weight excluding hydrogens is 266 g/mol. The second-order valence-electron chi connectivity index (χ2n) is 4.76. The Bertz CT molecular complexity index is 489. The van der Waals surface area contributed by atoms with Crippen molar-refractivity contribution in [3.05, 3.63) is 34.9 Å². The Balaban J connectivity index is 2.17. The van der Waals surface area contributed by atoms with Gasteiger partial charge in [-0.3, -0.25) is 9.59 Å². The van der Waals surface area contributed by atoms with Crippen molar-refractivity contribution in [2.45, 2.75) is 31.7 Å². The molecule has 5 heteroatoms. The van der Waals surface area contributed by atoms with Crippen LogP contribution in [-0.2, 0) is 4.79 Å². The van der Waals surface area contributed by atoms with E-state index in [0.29, 0.717) is 17.1 Å².